The van der Waals surface area contributed by atoms with E-state index in [2.05, 4.69) is 0 Å². The molecule has 0 aliphatic carbocycles. The average Bonchev–Trinajstić information content (AvgIpc) is 1.97. The zero-order valence-electron chi connectivity index (χ0n) is 7.86. The summed E-state index contributed by atoms with van der Waals surface area (Å²) in [5, 5.41) is 18.5. The molecule has 16 heavy (non-hydrogen) atoms. The van der Waals surface area contributed by atoms with Crippen LogP contribution >= 0.6 is 7.60 Å². The molecule has 5 N–H and O–H groups in total. The molecule has 1 amide bonds. The lowest BCUT2D eigenvalue weighted by atomic mass is 10.2. The molecule has 0 aliphatic heterocycles. The highest BCUT2D eigenvalue weighted by Crippen LogP contribution is 2.33. The third-order valence-corrected chi connectivity index (χ3v) is 2.06. The van der Waals surface area contributed by atoms with E-state index in [1.807, 2.05) is 0 Å². The first-order valence-electron chi connectivity index (χ1n) is 3.90. The van der Waals surface area contributed by atoms with Crippen molar-refractivity contribution in [1.82, 2.24) is 5.32 Å². The fourth-order valence-electron chi connectivity index (χ4n) is 0.802. The molecule has 0 aromatic rings. The Bertz CT molecular complexity index is 346. The van der Waals surface area contributed by atoms with Crippen molar-refractivity contribution in [2.75, 3.05) is 6.16 Å². The molecule has 0 aromatic carbocycles. The van der Waals surface area contributed by atoms with Gasteiger partial charge in [0.2, 0.25) is 5.91 Å². The average molecular weight is 255 g/mol. The molecule has 1 atom stereocenters. The smallest absolute Gasteiger partial charge is 0.334 e. The quantitative estimate of drug-likeness (QED) is 0.347. The van der Waals surface area contributed by atoms with Crippen molar-refractivity contribution < 1.29 is 38.9 Å². The molecule has 0 rings (SSSR count). The Hall–Kier alpha value is -1.44. The molecule has 0 spiro atoms. The number of hydrogen-bond acceptors (Lipinski definition) is 4. The molecule has 0 aliphatic rings. The van der Waals surface area contributed by atoms with Gasteiger partial charge in [-0.3, -0.25) is 14.2 Å². The number of aliphatic carboxylic acids is 2. The summed E-state index contributed by atoms with van der Waals surface area (Å²) in [6, 6.07) is -1.71. The van der Waals surface area contributed by atoms with Gasteiger partial charge in [-0.05, 0) is 0 Å². The summed E-state index contributed by atoms with van der Waals surface area (Å²) in [4.78, 5) is 48.4. The highest BCUT2D eigenvalue weighted by molar-refractivity contribution is 7.52. The van der Waals surface area contributed by atoms with Gasteiger partial charge in [0.1, 0.15) is 12.2 Å². The molecular formula is C6H10NO8P. The van der Waals surface area contributed by atoms with E-state index in [9.17, 15) is 18.9 Å². The second-order valence-electron chi connectivity index (χ2n) is 2.88. The summed E-state index contributed by atoms with van der Waals surface area (Å²) in [7, 11) is -4.59. The van der Waals surface area contributed by atoms with Gasteiger partial charge in [0.25, 0.3) is 0 Å². The van der Waals surface area contributed by atoms with Crippen molar-refractivity contribution in [1.29, 1.82) is 0 Å². The number of amides is 1. The van der Waals surface area contributed by atoms with Crippen LogP contribution in [0.1, 0.15) is 6.42 Å². The zero-order chi connectivity index (χ0) is 12.9. The minimum Gasteiger partial charge on any atom is -0.481 e. The van der Waals surface area contributed by atoms with Gasteiger partial charge in [0.05, 0.1) is 6.42 Å². The van der Waals surface area contributed by atoms with Gasteiger partial charge >= 0.3 is 19.5 Å². The summed E-state index contributed by atoms with van der Waals surface area (Å²) in [6.07, 6.45) is -2.06. The number of hydrogen-bond donors (Lipinski definition) is 5. The Morgan fingerprint density at radius 1 is 1.19 bits per heavy atom. The van der Waals surface area contributed by atoms with E-state index in [-0.39, 0.29) is 0 Å². The molecule has 10 heteroatoms. The number of carbonyl (C=O) groups excluding carboxylic acids is 1. The lowest BCUT2D eigenvalue weighted by Gasteiger charge is -2.12. The molecule has 0 radical (unpaired) electrons. The second-order valence-corrected chi connectivity index (χ2v) is 4.52. The minimum absolute atomic E-state index is 0.873. The molecule has 0 saturated heterocycles. The lowest BCUT2D eigenvalue weighted by molar-refractivity contribution is -0.147. The predicted octanol–water partition coefficient (Wildman–Crippen LogP) is -1.79. The molecule has 0 aromatic heterocycles. The molecule has 0 unspecified atom stereocenters. The third kappa shape index (κ3) is 6.93. The van der Waals surface area contributed by atoms with Crippen LogP contribution in [0.2, 0.25) is 0 Å². The number of carbonyl (C=O) groups is 3. The van der Waals surface area contributed by atoms with Crippen LogP contribution in [0.3, 0.4) is 0 Å². The fraction of sp³-hybridized carbons (Fsp3) is 0.500. The maximum Gasteiger partial charge on any atom is 0.334 e. The van der Waals surface area contributed by atoms with Gasteiger partial charge in [0, 0.05) is 0 Å². The van der Waals surface area contributed by atoms with Crippen LogP contribution in [0.15, 0.2) is 0 Å². The molecular weight excluding hydrogens is 245 g/mol. The van der Waals surface area contributed by atoms with E-state index in [1.165, 1.54) is 0 Å². The SMILES string of the molecule is O=C(O)C[C@@H](NC(=O)CP(=O)(O)O)C(=O)O. The summed E-state index contributed by atoms with van der Waals surface area (Å²) in [6.45, 7) is 0. The Morgan fingerprint density at radius 3 is 2.00 bits per heavy atom. The van der Waals surface area contributed by atoms with Crippen LogP contribution < -0.4 is 5.32 Å². The highest BCUT2D eigenvalue weighted by Gasteiger charge is 2.26. The van der Waals surface area contributed by atoms with Crippen molar-refractivity contribution in [3.63, 3.8) is 0 Å². The normalized spacial score (nSPS) is 12.9. The van der Waals surface area contributed by atoms with Crippen molar-refractivity contribution in [3.8, 4) is 0 Å². The highest BCUT2D eigenvalue weighted by atomic mass is 31.2. The van der Waals surface area contributed by atoms with Gasteiger partial charge in [-0.25, -0.2) is 4.79 Å². The number of nitrogens with one attached hydrogen (secondary N) is 1. The van der Waals surface area contributed by atoms with Crippen LogP contribution in [0.5, 0.6) is 0 Å². The van der Waals surface area contributed by atoms with Crippen molar-refractivity contribution in [2.24, 2.45) is 0 Å². The Labute approximate surface area is 89.2 Å². The standard InChI is InChI=1S/C6H10NO8P/c8-4(2-16(13,14)15)7-3(6(11)12)1-5(9)10/h3H,1-2H2,(H,7,8)(H,9,10)(H,11,12)(H2,13,14,15)/t3-/m1/s1. The van der Waals surface area contributed by atoms with E-state index >= 15 is 0 Å². The van der Waals surface area contributed by atoms with Crippen LogP contribution in [0.4, 0.5) is 0 Å². The number of carboxylic acids is 2. The lowest BCUT2D eigenvalue weighted by Crippen LogP contribution is -2.43. The maximum atomic E-state index is 10.9. The van der Waals surface area contributed by atoms with Gasteiger partial charge in [-0.2, -0.15) is 0 Å². The first-order valence-corrected chi connectivity index (χ1v) is 5.70. The summed E-state index contributed by atoms with van der Waals surface area (Å²) in [5.74, 6) is -4.27. The van der Waals surface area contributed by atoms with Crippen molar-refractivity contribution in [3.05, 3.63) is 0 Å². The number of rotatable bonds is 6. The van der Waals surface area contributed by atoms with Crippen LogP contribution in [-0.2, 0) is 18.9 Å². The van der Waals surface area contributed by atoms with Gasteiger partial charge in [0.15, 0.2) is 0 Å². The molecule has 0 heterocycles. The fourth-order valence-corrected chi connectivity index (χ4v) is 1.27. The molecule has 9 nitrogen and oxygen atoms in total. The van der Waals surface area contributed by atoms with Crippen molar-refractivity contribution >= 4 is 25.4 Å². The maximum absolute atomic E-state index is 10.9. The van der Waals surface area contributed by atoms with Crippen LogP contribution in [0.25, 0.3) is 0 Å². The molecule has 0 fully saturated rings. The van der Waals surface area contributed by atoms with E-state index in [0.717, 1.165) is 0 Å². The van der Waals surface area contributed by atoms with Gasteiger partial charge < -0.3 is 25.3 Å². The minimum atomic E-state index is -4.59. The summed E-state index contributed by atoms with van der Waals surface area (Å²) >= 11 is 0. The topological polar surface area (TPSA) is 161 Å². The third-order valence-electron chi connectivity index (χ3n) is 1.36. The summed E-state index contributed by atoms with van der Waals surface area (Å²) in [5.41, 5.74) is 0. The van der Waals surface area contributed by atoms with Crippen molar-refractivity contribution in [2.45, 2.75) is 12.5 Å². The molecule has 92 valence electrons. The molecule has 0 saturated carbocycles. The zero-order valence-corrected chi connectivity index (χ0v) is 8.76. The van der Waals surface area contributed by atoms with E-state index < -0.39 is 44.1 Å². The Morgan fingerprint density at radius 2 is 1.69 bits per heavy atom. The van der Waals surface area contributed by atoms with Gasteiger partial charge in [-0.15, -0.1) is 0 Å². The van der Waals surface area contributed by atoms with Crippen LogP contribution in [0, 0.1) is 0 Å². The second kappa shape index (κ2) is 5.59. The number of carboxylic acid groups (broad SMARTS) is 2. The predicted molar refractivity (Wildman–Crippen MR) is 48.7 cm³/mol. The monoisotopic (exact) mass is 255 g/mol. The summed E-state index contributed by atoms with van der Waals surface area (Å²) < 4.78 is 10.4. The van der Waals surface area contributed by atoms with E-state index in [4.69, 9.17) is 20.0 Å². The first-order chi connectivity index (χ1) is 7.11. The van der Waals surface area contributed by atoms with E-state index in [1.54, 1.807) is 5.32 Å². The Kier molecular flexibility index (Phi) is 5.09. The Balaban J connectivity index is 4.41. The van der Waals surface area contributed by atoms with Crippen LogP contribution in [-0.4, -0.2) is 50.0 Å². The van der Waals surface area contributed by atoms with E-state index in [0.29, 0.717) is 0 Å². The first kappa shape index (κ1) is 14.6. The van der Waals surface area contributed by atoms with Gasteiger partial charge in [-0.1, -0.05) is 0 Å². The molecule has 0 bridgehead atoms. The largest absolute Gasteiger partial charge is 0.481 e.